The monoisotopic (exact) mass is 289 g/mol. The molecule has 0 aliphatic carbocycles. The highest BCUT2D eigenvalue weighted by molar-refractivity contribution is 6.03. The number of carbonyl (C=O) groups is 1. The fourth-order valence-corrected chi connectivity index (χ4v) is 1.73. The zero-order valence-electron chi connectivity index (χ0n) is 12.1. The highest BCUT2D eigenvalue weighted by Crippen LogP contribution is 2.17. The lowest BCUT2D eigenvalue weighted by Crippen LogP contribution is -2.29. The van der Waals surface area contributed by atoms with Crippen LogP contribution in [0.2, 0.25) is 0 Å². The molecule has 2 rings (SSSR count). The molecule has 0 fully saturated rings. The molecule has 2 heterocycles. The number of pyridine rings is 2. The third-order valence-electron chi connectivity index (χ3n) is 2.66. The Morgan fingerprint density at radius 2 is 2.05 bits per heavy atom. The lowest BCUT2D eigenvalue weighted by Gasteiger charge is -2.16. The molecule has 2 aromatic heterocycles. The number of halogens is 1. The normalized spacial score (nSPS) is 10.5. The van der Waals surface area contributed by atoms with Crippen molar-refractivity contribution >= 4 is 11.7 Å². The molecule has 0 radical (unpaired) electrons. The summed E-state index contributed by atoms with van der Waals surface area (Å²) in [5.41, 5.74) is 0.167. The maximum Gasteiger partial charge on any atom is 0.277 e. The minimum Gasteiger partial charge on any atom is -0.475 e. The van der Waals surface area contributed by atoms with Gasteiger partial charge in [-0.1, -0.05) is 6.07 Å². The van der Waals surface area contributed by atoms with E-state index in [2.05, 4.69) is 9.97 Å². The fraction of sp³-hybridized carbons (Fsp3) is 0.267. The van der Waals surface area contributed by atoms with Crippen molar-refractivity contribution in [2.75, 3.05) is 11.9 Å². The van der Waals surface area contributed by atoms with Gasteiger partial charge in [0.15, 0.2) is 11.6 Å². The molecule has 2 aromatic rings. The van der Waals surface area contributed by atoms with Gasteiger partial charge in [0.2, 0.25) is 5.88 Å². The van der Waals surface area contributed by atoms with E-state index in [0.717, 1.165) is 4.90 Å². The van der Waals surface area contributed by atoms with E-state index in [4.69, 9.17) is 4.74 Å². The predicted octanol–water partition coefficient (Wildman–Crippen LogP) is 2.68. The topological polar surface area (TPSA) is 55.3 Å². The molecule has 0 saturated heterocycles. The van der Waals surface area contributed by atoms with E-state index in [1.165, 1.54) is 25.4 Å². The molecule has 0 aromatic carbocycles. The maximum atomic E-state index is 13.7. The summed E-state index contributed by atoms with van der Waals surface area (Å²) in [6.45, 7) is 3.73. The second-order valence-corrected chi connectivity index (χ2v) is 4.70. The van der Waals surface area contributed by atoms with E-state index >= 15 is 0 Å². The van der Waals surface area contributed by atoms with Gasteiger partial charge in [-0.2, -0.15) is 0 Å². The van der Waals surface area contributed by atoms with Gasteiger partial charge in [0.1, 0.15) is 5.69 Å². The van der Waals surface area contributed by atoms with Gasteiger partial charge < -0.3 is 4.74 Å². The Balaban J connectivity index is 2.25. The van der Waals surface area contributed by atoms with Crippen LogP contribution in [0.3, 0.4) is 0 Å². The lowest BCUT2D eigenvalue weighted by molar-refractivity contribution is 0.0984. The summed E-state index contributed by atoms with van der Waals surface area (Å²) < 4.78 is 19.1. The molecule has 110 valence electrons. The van der Waals surface area contributed by atoms with Crippen molar-refractivity contribution in [2.45, 2.75) is 20.0 Å². The molecule has 0 N–H and O–H groups in total. The zero-order valence-corrected chi connectivity index (χ0v) is 12.1. The molecule has 0 spiro atoms. The molecule has 5 nitrogen and oxygen atoms in total. The van der Waals surface area contributed by atoms with E-state index in [9.17, 15) is 9.18 Å². The Morgan fingerprint density at radius 1 is 1.29 bits per heavy atom. The third-order valence-corrected chi connectivity index (χ3v) is 2.66. The average molecular weight is 289 g/mol. The zero-order chi connectivity index (χ0) is 15.4. The minimum absolute atomic E-state index is 0.0421. The minimum atomic E-state index is -0.567. The summed E-state index contributed by atoms with van der Waals surface area (Å²) in [5.74, 6) is -0.713. The van der Waals surface area contributed by atoms with Gasteiger partial charge in [-0.3, -0.25) is 9.69 Å². The summed E-state index contributed by atoms with van der Waals surface area (Å²) >= 11 is 0. The average Bonchev–Trinajstić information content (AvgIpc) is 2.46. The summed E-state index contributed by atoms with van der Waals surface area (Å²) in [4.78, 5) is 21.5. The van der Waals surface area contributed by atoms with Crippen LogP contribution in [-0.4, -0.2) is 29.0 Å². The van der Waals surface area contributed by atoms with Crippen molar-refractivity contribution in [1.82, 2.24) is 9.97 Å². The Labute approximate surface area is 122 Å². The number of aromatic nitrogens is 2. The molecule has 0 bridgehead atoms. The number of rotatable bonds is 4. The van der Waals surface area contributed by atoms with E-state index < -0.39 is 11.7 Å². The van der Waals surface area contributed by atoms with Crippen LogP contribution in [0.1, 0.15) is 24.3 Å². The Hall–Kier alpha value is -2.50. The number of ether oxygens (including phenoxy) is 1. The second kappa shape index (κ2) is 6.30. The van der Waals surface area contributed by atoms with Gasteiger partial charge >= 0.3 is 0 Å². The molecule has 0 atom stereocenters. The number of amides is 1. The first-order valence-corrected chi connectivity index (χ1v) is 6.51. The molecule has 0 aliphatic rings. The van der Waals surface area contributed by atoms with Crippen molar-refractivity contribution in [3.8, 4) is 5.88 Å². The quantitative estimate of drug-likeness (QED) is 0.868. The molecular formula is C15H16FN3O2. The molecule has 6 heteroatoms. The Kier molecular flexibility index (Phi) is 4.47. The number of anilines is 1. The fourth-order valence-electron chi connectivity index (χ4n) is 1.73. The van der Waals surface area contributed by atoms with E-state index in [1.807, 2.05) is 13.8 Å². The summed E-state index contributed by atoms with van der Waals surface area (Å²) in [6.07, 6.45) is 1.38. The summed E-state index contributed by atoms with van der Waals surface area (Å²) in [6, 6.07) is 7.59. The Bertz CT molecular complexity index is 646. The molecular weight excluding hydrogens is 273 g/mol. The van der Waals surface area contributed by atoms with Crippen molar-refractivity contribution < 1.29 is 13.9 Å². The largest absolute Gasteiger partial charge is 0.475 e. The van der Waals surface area contributed by atoms with Gasteiger partial charge in [-0.05, 0) is 32.0 Å². The van der Waals surface area contributed by atoms with Crippen molar-refractivity contribution in [3.63, 3.8) is 0 Å². The standard InChI is InChI=1S/C15H16FN3O2/c1-10(2)21-13-8-4-7-12(18-13)15(20)19(3)14-11(16)6-5-9-17-14/h4-10H,1-3H3. The highest BCUT2D eigenvalue weighted by Gasteiger charge is 2.19. The van der Waals surface area contributed by atoms with E-state index in [1.54, 1.807) is 18.2 Å². The van der Waals surface area contributed by atoms with Crippen molar-refractivity contribution in [1.29, 1.82) is 0 Å². The molecule has 0 saturated carbocycles. The molecule has 0 aliphatic heterocycles. The lowest BCUT2D eigenvalue weighted by atomic mass is 10.3. The number of hydrogen-bond donors (Lipinski definition) is 0. The molecule has 0 unspecified atom stereocenters. The smallest absolute Gasteiger partial charge is 0.277 e. The first kappa shape index (κ1) is 14.9. The van der Waals surface area contributed by atoms with Crippen molar-refractivity contribution in [3.05, 3.63) is 48.0 Å². The second-order valence-electron chi connectivity index (χ2n) is 4.70. The van der Waals surface area contributed by atoms with Crippen LogP contribution in [0.5, 0.6) is 5.88 Å². The van der Waals surface area contributed by atoms with Crippen LogP contribution in [0.15, 0.2) is 36.5 Å². The first-order chi connectivity index (χ1) is 9.99. The molecule has 1 amide bonds. The van der Waals surface area contributed by atoms with Crippen LogP contribution in [0, 0.1) is 5.82 Å². The molecule has 21 heavy (non-hydrogen) atoms. The van der Waals surface area contributed by atoms with Crippen LogP contribution in [0.25, 0.3) is 0 Å². The van der Waals surface area contributed by atoms with E-state index in [-0.39, 0.29) is 17.6 Å². The summed E-state index contributed by atoms with van der Waals surface area (Å²) in [7, 11) is 1.45. The van der Waals surface area contributed by atoms with Crippen LogP contribution in [-0.2, 0) is 0 Å². The van der Waals surface area contributed by atoms with Crippen LogP contribution < -0.4 is 9.64 Å². The number of hydrogen-bond acceptors (Lipinski definition) is 4. The number of carbonyl (C=O) groups excluding carboxylic acids is 1. The van der Waals surface area contributed by atoms with Crippen LogP contribution in [0.4, 0.5) is 10.2 Å². The Morgan fingerprint density at radius 3 is 2.71 bits per heavy atom. The highest BCUT2D eigenvalue weighted by atomic mass is 19.1. The maximum absolute atomic E-state index is 13.7. The SMILES string of the molecule is CC(C)Oc1cccc(C(=O)N(C)c2ncccc2F)n1. The number of nitrogens with zero attached hydrogens (tertiary/aromatic N) is 3. The van der Waals surface area contributed by atoms with Crippen molar-refractivity contribution in [2.24, 2.45) is 0 Å². The van der Waals surface area contributed by atoms with E-state index in [0.29, 0.717) is 5.88 Å². The predicted molar refractivity (Wildman–Crippen MR) is 76.9 cm³/mol. The van der Waals surface area contributed by atoms with Gasteiger partial charge in [-0.25, -0.2) is 14.4 Å². The first-order valence-electron chi connectivity index (χ1n) is 6.51. The van der Waals surface area contributed by atoms with Gasteiger partial charge in [0, 0.05) is 19.3 Å². The third kappa shape index (κ3) is 3.53. The van der Waals surface area contributed by atoms with Gasteiger partial charge in [0.05, 0.1) is 6.10 Å². The summed E-state index contributed by atoms with van der Waals surface area (Å²) in [5, 5.41) is 0. The van der Waals surface area contributed by atoms with Gasteiger partial charge in [0.25, 0.3) is 5.91 Å². The van der Waals surface area contributed by atoms with Gasteiger partial charge in [-0.15, -0.1) is 0 Å². The van der Waals surface area contributed by atoms with Crippen LogP contribution >= 0.6 is 0 Å².